The molecule has 0 saturated carbocycles. The van der Waals surface area contributed by atoms with Crippen LogP contribution in [0.4, 0.5) is 0 Å². The van der Waals surface area contributed by atoms with Crippen LogP contribution in [0.15, 0.2) is 12.1 Å². The highest BCUT2D eigenvalue weighted by Gasteiger charge is 2.50. The smallest absolute Gasteiger partial charge is 0.260 e. The second kappa shape index (κ2) is 6.93. The van der Waals surface area contributed by atoms with E-state index in [9.17, 15) is 9.59 Å². The van der Waals surface area contributed by atoms with Crippen LogP contribution in [-0.2, 0) is 4.79 Å². The first kappa shape index (κ1) is 17.0. The van der Waals surface area contributed by atoms with Gasteiger partial charge in [0.25, 0.3) is 5.91 Å². The standard InChI is InChI=1S/C17H22N2O4S/c1-4-5-8-18-15(20)11-9-24-17-10-6-7-12(22-2)14(23-3)13(10)16(21)19(11)17/h6-7,11,17H,4-5,8-9H2,1-3H3,(H,18,20)/t11-,17?/m0/s1. The van der Waals surface area contributed by atoms with Crippen molar-refractivity contribution in [1.29, 1.82) is 0 Å². The number of amides is 2. The van der Waals surface area contributed by atoms with Crippen LogP contribution in [0, 0.1) is 0 Å². The van der Waals surface area contributed by atoms with Crippen LogP contribution in [-0.4, -0.2) is 49.3 Å². The molecule has 130 valence electrons. The lowest BCUT2D eigenvalue weighted by Crippen LogP contribution is -2.46. The van der Waals surface area contributed by atoms with Gasteiger partial charge >= 0.3 is 0 Å². The average Bonchev–Trinajstić information content (AvgIpc) is 3.14. The molecule has 2 aliphatic heterocycles. The molecule has 7 heteroatoms. The molecule has 1 fully saturated rings. The lowest BCUT2D eigenvalue weighted by molar-refractivity contribution is -0.124. The molecular weight excluding hydrogens is 328 g/mol. The number of carbonyl (C=O) groups excluding carboxylic acids is 2. The zero-order valence-electron chi connectivity index (χ0n) is 14.1. The number of ether oxygens (including phenoxy) is 2. The van der Waals surface area contributed by atoms with Crippen molar-refractivity contribution in [3.05, 3.63) is 23.3 Å². The number of rotatable bonds is 6. The van der Waals surface area contributed by atoms with Gasteiger partial charge in [-0.2, -0.15) is 0 Å². The fourth-order valence-corrected chi connectivity index (χ4v) is 4.66. The van der Waals surface area contributed by atoms with Crippen molar-refractivity contribution in [3.63, 3.8) is 0 Å². The highest BCUT2D eigenvalue weighted by atomic mass is 32.2. The van der Waals surface area contributed by atoms with E-state index in [1.807, 2.05) is 12.1 Å². The van der Waals surface area contributed by atoms with Crippen molar-refractivity contribution >= 4 is 23.6 Å². The molecule has 3 rings (SSSR count). The second-order valence-electron chi connectivity index (χ2n) is 5.82. The minimum Gasteiger partial charge on any atom is -0.493 e. The Hall–Kier alpha value is -1.89. The Bertz CT molecular complexity index is 664. The Labute approximate surface area is 145 Å². The minimum atomic E-state index is -0.438. The molecule has 24 heavy (non-hydrogen) atoms. The van der Waals surface area contributed by atoms with Gasteiger partial charge in [0, 0.05) is 17.9 Å². The summed E-state index contributed by atoms with van der Waals surface area (Å²) in [6, 6.07) is 3.26. The van der Waals surface area contributed by atoms with Crippen molar-refractivity contribution in [2.45, 2.75) is 31.2 Å². The van der Waals surface area contributed by atoms with E-state index in [0.717, 1.165) is 18.4 Å². The molecule has 1 aromatic rings. The molecule has 1 saturated heterocycles. The van der Waals surface area contributed by atoms with E-state index in [-0.39, 0.29) is 17.2 Å². The number of hydrogen-bond acceptors (Lipinski definition) is 5. The Balaban J connectivity index is 1.88. The zero-order valence-corrected chi connectivity index (χ0v) is 14.9. The summed E-state index contributed by atoms with van der Waals surface area (Å²) in [6.07, 6.45) is 1.96. The topological polar surface area (TPSA) is 67.9 Å². The van der Waals surface area contributed by atoms with Crippen LogP contribution in [0.5, 0.6) is 11.5 Å². The lowest BCUT2D eigenvalue weighted by Gasteiger charge is -2.22. The maximum absolute atomic E-state index is 13.0. The maximum atomic E-state index is 13.0. The van der Waals surface area contributed by atoms with E-state index < -0.39 is 6.04 Å². The average molecular weight is 350 g/mol. The molecule has 0 bridgehead atoms. The molecule has 2 amide bonds. The van der Waals surface area contributed by atoms with Gasteiger partial charge in [0.15, 0.2) is 11.5 Å². The highest BCUT2D eigenvalue weighted by Crippen LogP contribution is 2.52. The third kappa shape index (κ3) is 2.60. The van der Waals surface area contributed by atoms with Gasteiger partial charge in [-0.3, -0.25) is 9.59 Å². The number of nitrogens with one attached hydrogen (secondary N) is 1. The largest absolute Gasteiger partial charge is 0.493 e. The van der Waals surface area contributed by atoms with Gasteiger partial charge in [0.1, 0.15) is 11.4 Å². The van der Waals surface area contributed by atoms with Gasteiger partial charge in [-0.25, -0.2) is 0 Å². The molecule has 6 nitrogen and oxygen atoms in total. The predicted molar refractivity (Wildman–Crippen MR) is 92.6 cm³/mol. The minimum absolute atomic E-state index is 0.0782. The second-order valence-corrected chi connectivity index (χ2v) is 6.94. The first-order valence-corrected chi connectivity index (χ1v) is 9.15. The summed E-state index contributed by atoms with van der Waals surface area (Å²) in [5, 5.41) is 2.80. The van der Waals surface area contributed by atoms with Crippen LogP contribution in [0.25, 0.3) is 0 Å². The van der Waals surface area contributed by atoms with E-state index in [1.54, 1.807) is 23.8 Å². The number of carbonyl (C=O) groups is 2. The van der Waals surface area contributed by atoms with Gasteiger partial charge < -0.3 is 19.7 Å². The summed E-state index contributed by atoms with van der Waals surface area (Å²) in [4.78, 5) is 27.1. The zero-order chi connectivity index (χ0) is 17.3. The Morgan fingerprint density at radius 2 is 2.17 bits per heavy atom. The third-order valence-corrected chi connectivity index (χ3v) is 5.73. The van der Waals surface area contributed by atoms with Gasteiger partial charge in [-0.15, -0.1) is 11.8 Å². The van der Waals surface area contributed by atoms with E-state index in [2.05, 4.69) is 12.2 Å². The normalized spacial score (nSPS) is 21.5. The quantitative estimate of drug-likeness (QED) is 0.797. The molecule has 0 spiro atoms. The van der Waals surface area contributed by atoms with Crippen molar-refractivity contribution in [2.24, 2.45) is 0 Å². The number of unbranched alkanes of at least 4 members (excludes halogenated alkanes) is 1. The molecule has 0 aromatic heterocycles. The van der Waals surface area contributed by atoms with Crippen LogP contribution < -0.4 is 14.8 Å². The third-order valence-electron chi connectivity index (χ3n) is 4.42. The molecule has 2 heterocycles. The van der Waals surface area contributed by atoms with Crippen molar-refractivity contribution in [2.75, 3.05) is 26.5 Å². The summed E-state index contributed by atoms with van der Waals surface area (Å²) >= 11 is 1.62. The number of benzene rings is 1. The Morgan fingerprint density at radius 1 is 1.38 bits per heavy atom. The van der Waals surface area contributed by atoms with Gasteiger partial charge in [-0.05, 0) is 12.5 Å². The first-order valence-electron chi connectivity index (χ1n) is 8.10. The van der Waals surface area contributed by atoms with Gasteiger partial charge in [0.2, 0.25) is 5.91 Å². The summed E-state index contributed by atoms with van der Waals surface area (Å²) in [5.41, 5.74) is 1.41. The summed E-state index contributed by atoms with van der Waals surface area (Å²) < 4.78 is 10.7. The monoisotopic (exact) mass is 350 g/mol. The van der Waals surface area contributed by atoms with Crippen LogP contribution in [0.1, 0.15) is 41.1 Å². The lowest BCUT2D eigenvalue weighted by atomic mass is 10.1. The van der Waals surface area contributed by atoms with Crippen molar-refractivity contribution in [3.8, 4) is 11.5 Å². The first-order chi connectivity index (χ1) is 11.6. The molecule has 1 unspecified atom stereocenters. The Kier molecular flexibility index (Phi) is 4.89. The Morgan fingerprint density at radius 3 is 2.83 bits per heavy atom. The molecule has 2 aliphatic rings. The van der Waals surface area contributed by atoms with E-state index in [4.69, 9.17) is 9.47 Å². The fourth-order valence-electron chi connectivity index (χ4n) is 3.20. The molecule has 0 aliphatic carbocycles. The summed E-state index contributed by atoms with van der Waals surface area (Å²) in [5.74, 6) is 1.35. The highest BCUT2D eigenvalue weighted by molar-refractivity contribution is 7.99. The van der Waals surface area contributed by atoms with E-state index in [1.165, 1.54) is 7.11 Å². The van der Waals surface area contributed by atoms with Gasteiger partial charge in [-0.1, -0.05) is 19.4 Å². The van der Waals surface area contributed by atoms with Crippen LogP contribution >= 0.6 is 11.8 Å². The number of hydrogen-bond donors (Lipinski definition) is 1. The molecule has 1 N–H and O–H groups in total. The summed E-state index contributed by atoms with van der Waals surface area (Å²) in [7, 11) is 3.07. The van der Waals surface area contributed by atoms with Crippen molar-refractivity contribution < 1.29 is 19.1 Å². The molecular formula is C17H22N2O4S. The number of thioether (sulfide) groups is 1. The number of nitrogens with zero attached hydrogens (tertiary/aromatic N) is 1. The molecule has 2 atom stereocenters. The van der Waals surface area contributed by atoms with Crippen molar-refractivity contribution in [1.82, 2.24) is 10.2 Å². The molecule has 0 radical (unpaired) electrons. The maximum Gasteiger partial charge on any atom is 0.260 e. The number of fused-ring (bicyclic) bond motifs is 3. The van der Waals surface area contributed by atoms with Gasteiger partial charge in [0.05, 0.1) is 19.8 Å². The van der Waals surface area contributed by atoms with Crippen LogP contribution in [0.2, 0.25) is 0 Å². The fraction of sp³-hybridized carbons (Fsp3) is 0.529. The van der Waals surface area contributed by atoms with Crippen LogP contribution in [0.3, 0.4) is 0 Å². The SMILES string of the molecule is CCCCNC(=O)[C@@H]1CSC2c3ccc(OC)c(OC)c3C(=O)N21. The van der Waals surface area contributed by atoms with E-state index >= 15 is 0 Å². The number of methoxy groups -OCH3 is 2. The van der Waals surface area contributed by atoms with E-state index in [0.29, 0.717) is 29.4 Å². The predicted octanol–water partition coefficient (Wildman–Crippen LogP) is 2.19. The molecule has 1 aromatic carbocycles. The summed E-state index contributed by atoms with van der Waals surface area (Å²) in [6.45, 7) is 2.72.